The zero-order chi connectivity index (χ0) is 17.8. The number of amidine groups is 1. The van der Waals surface area contributed by atoms with E-state index in [1.165, 1.54) is 11.8 Å². The molecule has 1 saturated heterocycles. The van der Waals surface area contributed by atoms with Crippen LogP contribution in [0.5, 0.6) is 0 Å². The van der Waals surface area contributed by atoms with Gasteiger partial charge in [0, 0.05) is 35.8 Å². The van der Waals surface area contributed by atoms with E-state index in [1.807, 2.05) is 36.4 Å². The second-order valence-corrected chi connectivity index (χ2v) is 7.90. The SMILES string of the molecule is COCCN1C(=O)/C(=C/c2cc(Br)c(I)o2)SC1=Nc1ccccc1. The number of nitrogens with zero attached hydrogens (tertiary/aromatic N) is 2. The van der Waals surface area contributed by atoms with Crippen LogP contribution in [0.2, 0.25) is 0 Å². The Labute approximate surface area is 171 Å². The van der Waals surface area contributed by atoms with Crippen molar-refractivity contribution in [2.75, 3.05) is 20.3 Å². The first kappa shape index (κ1) is 18.7. The summed E-state index contributed by atoms with van der Waals surface area (Å²) < 4.78 is 12.3. The average Bonchev–Trinajstić information content (AvgIpc) is 3.06. The maximum absolute atomic E-state index is 12.8. The van der Waals surface area contributed by atoms with E-state index in [1.54, 1.807) is 18.1 Å². The fourth-order valence-corrected chi connectivity index (χ4v) is 3.87. The predicted molar refractivity (Wildman–Crippen MR) is 112 cm³/mol. The Hall–Kier alpha value is -1.10. The maximum Gasteiger partial charge on any atom is 0.266 e. The molecule has 0 bridgehead atoms. The Kier molecular flexibility index (Phi) is 6.37. The van der Waals surface area contributed by atoms with Crippen LogP contribution >= 0.6 is 50.3 Å². The van der Waals surface area contributed by atoms with Gasteiger partial charge < -0.3 is 9.15 Å². The molecule has 0 N–H and O–H groups in total. The highest BCUT2D eigenvalue weighted by atomic mass is 127. The molecule has 1 amide bonds. The highest BCUT2D eigenvalue weighted by Crippen LogP contribution is 2.35. The molecule has 0 radical (unpaired) electrons. The number of aliphatic imine (C=N–C) groups is 1. The zero-order valence-electron chi connectivity index (χ0n) is 13.2. The molecule has 1 aromatic heterocycles. The Morgan fingerprint density at radius 2 is 2.16 bits per heavy atom. The van der Waals surface area contributed by atoms with Crippen LogP contribution in [0.3, 0.4) is 0 Å². The summed E-state index contributed by atoms with van der Waals surface area (Å²) in [6.07, 6.45) is 1.74. The third-order valence-electron chi connectivity index (χ3n) is 3.33. The van der Waals surface area contributed by atoms with E-state index in [-0.39, 0.29) is 5.91 Å². The van der Waals surface area contributed by atoms with Crippen molar-refractivity contribution in [1.82, 2.24) is 4.90 Å². The van der Waals surface area contributed by atoms with Gasteiger partial charge in [-0.05, 0) is 45.9 Å². The van der Waals surface area contributed by atoms with Gasteiger partial charge in [-0.15, -0.1) is 0 Å². The summed E-state index contributed by atoms with van der Waals surface area (Å²) in [5, 5.41) is 0.639. The molecule has 1 aliphatic heterocycles. The number of thioether (sulfide) groups is 1. The van der Waals surface area contributed by atoms with Crippen LogP contribution in [-0.2, 0) is 9.53 Å². The lowest BCUT2D eigenvalue weighted by molar-refractivity contribution is -0.122. The number of hydrogen-bond acceptors (Lipinski definition) is 5. The number of amides is 1. The molecule has 25 heavy (non-hydrogen) atoms. The number of para-hydroxylation sites is 1. The van der Waals surface area contributed by atoms with Crippen molar-refractivity contribution >= 4 is 73.1 Å². The lowest BCUT2D eigenvalue weighted by Gasteiger charge is -2.14. The quantitative estimate of drug-likeness (QED) is 0.406. The van der Waals surface area contributed by atoms with Gasteiger partial charge in [-0.2, -0.15) is 0 Å². The minimum absolute atomic E-state index is 0.0979. The van der Waals surface area contributed by atoms with Gasteiger partial charge in [0.15, 0.2) is 8.93 Å². The van der Waals surface area contributed by atoms with Gasteiger partial charge in [0.25, 0.3) is 5.91 Å². The van der Waals surface area contributed by atoms with Gasteiger partial charge in [0.2, 0.25) is 0 Å². The molecular weight excluding hydrogens is 519 g/mol. The molecule has 3 rings (SSSR count). The van der Waals surface area contributed by atoms with Crippen molar-refractivity contribution in [3.05, 3.63) is 55.3 Å². The van der Waals surface area contributed by atoms with E-state index in [9.17, 15) is 4.79 Å². The molecule has 1 aliphatic rings. The normalized spacial score (nSPS) is 17.9. The molecule has 1 fully saturated rings. The average molecular weight is 533 g/mol. The number of hydrogen-bond donors (Lipinski definition) is 0. The van der Waals surface area contributed by atoms with Crippen molar-refractivity contribution in [2.45, 2.75) is 0 Å². The summed E-state index contributed by atoms with van der Waals surface area (Å²) >= 11 is 6.84. The fourth-order valence-electron chi connectivity index (χ4n) is 2.15. The summed E-state index contributed by atoms with van der Waals surface area (Å²) in [5.41, 5.74) is 0.803. The summed E-state index contributed by atoms with van der Waals surface area (Å²) in [6.45, 7) is 0.891. The Morgan fingerprint density at radius 1 is 1.40 bits per heavy atom. The molecule has 2 aromatic rings. The molecule has 2 heterocycles. The second-order valence-electron chi connectivity index (χ2n) is 5.06. The monoisotopic (exact) mass is 532 g/mol. The van der Waals surface area contributed by atoms with Gasteiger partial charge in [-0.25, -0.2) is 4.99 Å². The zero-order valence-corrected chi connectivity index (χ0v) is 17.8. The Balaban J connectivity index is 1.92. The van der Waals surface area contributed by atoms with Gasteiger partial charge in [-0.3, -0.25) is 9.69 Å². The lowest BCUT2D eigenvalue weighted by Crippen LogP contribution is -2.32. The molecule has 1 aromatic carbocycles. The Bertz CT molecular complexity index is 816. The van der Waals surface area contributed by atoms with Gasteiger partial charge >= 0.3 is 0 Å². The number of carbonyl (C=O) groups is 1. The summed E-state index contributed by atoms with van der Waals surface area (Å²) in [4.78, 5) is 19.6. The third-order valence-corrected chi connectivity index (χ3v) is 6.46. The standard InChI is InChI=1S/C17H14BrIN2O3S/c1-23-8-7-21-16(22)14(10-12-9-13(18)15(19)24-12)25-17(21)20-11-5-3-2-4-6-11/h2-6,9-10H,7-8H2,1H3/b14-10-,20-17?. The molecule has 0 unspecified atom stereocenters. The van der Waals surface area contributed by atoms with Crippen LogP contribution in [0.25, 0.3) is 6.08 Å². The summed E-state index contributed by atoms with van der Waals surface area (Å²) in [7, 11) is 1.61. The second kappa shape index (κ2) is 8.52. The van der Waals surface area contributed by atoms with Crippen LogP contribution in [0.15, 0.2) is 55.2 Å². The van der Waals surface area contributed by atoms with E-state index < -0.39 is 0 Å². The van der Waals surface area contributed by atoms with Crippen LogP contribution in [-0.4, -0.2) is 36.2 Å². The largest absolute Gasteiger partial charge is 0.450 e. The topological polar surface area (TPSA) is 55.0 Å². The smallest absolute Gasteiger partial charge is 0.266 e. The maximum atomic E-state index is 12.8. The van der Waals surface area contributed by atoms with Crippen LogP contribution in [0, 0.1) is 3.77 Å². The molecule has 130 valence electrons. The lowest BCUT2D eigenvalue weighted by atomic mass is 10.3. The van der Waals surface area contributed by atoms with E-state index in [0.29, 0.717) is 29.0 Å². The number of halogens is 2. The summed E-state index contributed by atoms with van der Waals surface area (Å²) in [6, 6.07) is 11.4. The van der Waals surface area contributed by atoms with E-state index >= 15 is 0 Å². The first-order valence-electron chi connectivity index (χ1n) is 7.37. The van der Waals surface area contributed by atoms with Crippen molar-refractivity contribution in [1.29, 1.82) is 0 Å². The van der Waals surface area contributed by atoms with Crippen molar-refractivity contribution < 1.29 is 13.9 Å². The van der Waals surface area contributed by atoms with Crippen molar-refractivity contribution in [3.8, 4) is 0 Å². The molecule has 0 spiro atoms. The van der Waals surface area contributed by atoms with Gasteiger partial charge in [0.05, 0.1) is 28.2 Å². The van der Waals surface area contributed by atoms with Crippen LogP contribution in [0.1, 0.15) is 5.76 Å². The summed E-state index contributed by atoms with van der Waals surface area (Å²) in [5.74, 6) is 0.527. The molecular formula is C17H14BrIN2O3S. The van der Waals surface area contributed by atoms with Gasteiger partial charge in [-0.1, -0.05) is 18.2 Å². The fraction of sp³-hybridized carbons (Fsp3) is 0.176. The number of ether oxygens (including phenoxy) is 1. The van der Waals surface area contributed by atoms with E-state index in [2.05, 4.69) is 43.5 Å². The number of rotatable bonds is 5. The van der Waals surface area contributed by atoms with Crippen molar-refractivity contribution in [3.63, 3.8) is 0 Å². The number of furan rings is 1. The number of carbonyl (C=O) groups excluding carboxylic acids is 1. The first-order chi connectivity index (χ1) is 12.1. The number of benzene rings is 1. The van der Waals surface area contributed by atoms with Crippen LogP contribution in [0.4, 0.5) is 5.69 Å². The highest BCUT2D eigenvalue weighted by Gasteiger charge is 2.33. The first-order valence-corrected chi connectivity index (χ1v) is 10.1. The molecule has 0 atom stereocenters. The highest BCUT2D eigenvalue weighted by molar-refractivity contribution is 14.1. The number of methoxy groups -OCH3 is 1. The Morgan fingerprint density at radius 3 is 2.80 bits per heavy atom. The van der Waals surface area contributed by atoms with E-state index in [0.717, 1.165) is 13.9 Å². The minimum Gasteiger partial charge on any atom is -0.450 e. The predicted octanol–water partition coefficient (Wildman–Crippen LogP) is 4.90. The van der Waals surface area contributed by atoms with Gasteiger partial charge in [0.1, 0.15) is 5.76 Å². The molecule has 5 nitrogen and oxygen atoms in total. The van der Waals surface area contributed by atoms with Crippen molar-refractivity contribution in [2.24, 2.45) is 4.99 Å². The molecule has 8 heteroatoms. The molecule has 0 aliphatic carbocycles. The van der Waals surface area contributed by atoms with E-state index in [4.69, 9.17) is 9.15 Å². The molecule has 0 saturated carbocycles. The van der Waals surface area contributed by atoms with Crippen LogP contribution < -0.4 is 0 Å². The third kappa shape index (κ3) is 4.55. The minimum atomic E-state index is -0.0979.